The van der Waals surface area contributed by atoms with E-state index in [1.807, 2.05) is 18.2 Å². The number of amides is 2. The summed E-state index contributed by atoms with van der Waals surface area (Å²) >= 11 is 6.14. The number of alkyl carbamates (subject to hydrolysis) is 1. The molecule has 0 aromatic heterocycles. The van der Waals surface area contributed by atoms with E-state index < -0.39 is 17.8 Å². The van der Waals surface area contributed by atoms with Gasteiger partial charge in [0.2, 0.25) is 0 Å². The quantitative estimate of drug-likeness (QED) is 0.841. The number of hydrogen-bond donors (Lipinski definition) is 1. The van der Waals surface area contributed by atoms with E-state index in [0.717, 1.165) is 5.56 Å². The number of rotatable bonds is 6. The first kappa shape index (κ1) is 20.1. The molecular formula is C17H25ClN2O4. The Morgan fingerprint density at radius 2 is 1.92 bits per heavy atom. The number of nitrogens with zero attached hydrogens (tertiary/aromatic N) is 1. The molecule has 6 nitrogen and oxygen atoms in total. The summed E-state index contributed by atoms with van der Waals surface area (Å²) in [5.41, 5.74) is 0.243. The fourth-order valence-electron chi connectivity index (χ4n) is 1.89. The topological polar surface area (TPSA) is 67.9 Å². The van der Waals surface area contributed by atoms with Crippen LogP contribution in [-0.4, -0.2) is 42.4 Å². The van der Waals surface area contributed by atoms with Crippen molar-refractivity contribution in [1.82, 2.24) is 10.2 Å². The Labute approximate surface area is 148 Å². The van der Waals surface area contributed by atoms with Crippen LogP contribution in [0.1, 0.15) is 33.3 Å². The molecule has 0 aliphatic rings. The number of carbonyl (C=O) groups is 2. The highest BCUT2D eigenvalue weighted by Gasteiger charge is 2.18. The lowest BCUT2D eigenvalue weighted by atomic mass is 10.2. The fraction of sp³-hybridized carbons (Fsp3) is 0.529. The van der Waals surface area contributed by atoms with Crippen LogP contribution in [0.25, 0.3) is 0 Å². The molecule has 2 amide bonds. The third-order valence-corrected chi connectivity index (χ3v) is 3.26. The lowest BCUT2D eigenvalue weighted by Crippen LogP contribution is -2.40. The average Bonchev–Trinajstić information content (AvgIpc) is 2.46. The van der Waals surface area contributed by atoms with Gasteiger partial charge in [-0.1, -0.05) is 29.8 Å². The smallest absolute Gasteiger partial charge is 0.410 e. The second kappa shape index (κ2) is 9.37. The Kier molecular flexibility index (Phi) is 7.85. The van der Waals surface area contributed by atoms with Crippen LogP contribution in [-0.2, 0) is 16.0 Å². The molecule has 1 aromatic carbocycles. The number of ether oxygens (including phenoxy) is 2. The van der Waals surface area contributed by atoms with E-state index in [2.05, 4.69) is 5.32 Å². The van der Waals surface area contributed by atoms with Gasteiger partial charge < -0.3 is 19.7 Å². The van der Waals surface area contributed by atoms with E-state index in [1.54, 1.807) is 33.8 Å². The third kappa shape index (κ3) is 7.55. The molecule has 1 rings (SSSR count). The van der Waals surface area contributed by atoms with Gasteiger partial charge in [-0.2, -0.15) is 0 Å². The summed E-state index contributed by atoms with van der Waals surface area (Å²) in [5, 5.41) is 3.20. The third-order valence-electron chi connectivity index (χ3n) is 2.89. The van der Waals surface area contributed by atoms with E-state index in [0.29, 0.717) is 11.6 Å². The van der Waals surface area contributed by atoms with Crippen LogP contribution in [0.4, 0.5) is 9.59 Å². The summed E-state index contributed by atoms with van der Waals surface area (Å²) in [6.07, 6.45) is -0.979. The minimum atomic E-state index is -0.567. The summed E-state index contributed by atoms with van der Waals surface area (Å²) in [6.45, 7) is 8.20. The number of halogens is 1. The van der Waals surface area contributed by atoms with Crippen LogP contribution in [0.15, 0.2) is 24.3 Å². The van der Waals surface area contributed by atoms with Gasteiger partial charge in [-0.25, -0.2) is 9.59 Å². The van der Waals surface area contributed by atoms with Crippen LogP contribution < -0.4 is 5.32 Å². The molecule has 0 spiro atoms. The molecule has 0 heterocycles. The first-order chi connectivity index (χ1) is 11.2. The zero-order valence-corrected chi connectivity index (χ0v) is 15.4. The maximum Gasteiger partial charge on any atom is 0.410 e. The second-order valence-corrected chi connectivity index (χ2v) is 6.55. The summed E-state index contributed by atoms with van der Waals surface area (Å²) in [5.74, 6) is 0. The molecule has 0 aliphatic carbocycles. The standard InChI is InChI=1S/C17H25ClN2O4/c1-5-23-16(22)20(12-13-8-6-7-9-14(13)18)11-10-19-15(21)24-17(2,3)4/h6-9H,5,10-12H2,1-4H3,(H,19,21). The summed E-state index contributed by atoms with van der Waals surface area (Å²) in [7, 11) is 0. The van der Waals surface area contributed by atoms with E-state index in [4.69, 9.17) is 21.1 Å². The fourth-order valence-corrected chi connectivity index (χ4v) is 2.08. The van der Waals surface area contributed by atoms with Gasteiger partial charge in [-0.05, 0) is 39.3 Å². The van der Waals surface area contributed by atoms with Crippen molar-refractivity contribution in [2.24, 2.45) is 0 Å². The minimum absolute atomic E-state index is 0.248. The molecule has 1 aromatic rings. The molecule has 0 aliphatic heterocycles. The van der Waals surface area contributed by atoms with Gasteiger partial charge >= 0.3 is 12.2 Å². The maximum atomic E-state index is 12.1. The molecule has 1 N–H and O–H groups in total. The van der Waals surface area contributed by atoms with Crippen molar-refractivity contribution in [2.45, 2.75) is 39.8 Å². The van der Waals surface area contributed by atoms with Crippen molar-refractivity contribution in [3.05, 3.63) is 34.9 Å². The lowest BCUT2D eigenvalue weighted by Gasteiger charge is -2.23. The van der Waals surface area contributed by atoms with Gasteiger partial charge in [-0.3, -0.25) is 0 Å². The highest BCUT2D eigenvalue weighted by molar-refractivity contribution is 6.31. The zero-order chi connectivity index (χ0) is 18.2. The van der Waals surface area contributed by atoms with E-state index in [-0.39, 0.29) is 19.7 Å². The normalized spacial score (nSPS) is 10.9. The van der Waals surface area contributed by atoms with Gasteiger partial charge in [0.1, 0.15) is 5.60 Å². The predicted molar refractivity (Wildman–Crippen MR) is 93.1 cm³/mol. The number of benzene rings is 1. The number of carbonyl (C=O) groups excluding carboxylic acids is 2. The first-order valence-corrected chi connectivity index (χ1v) is 8.22. The van der Waals surface area contributed by atoms with Gasteiger partial charge in [-0.15, -0.1) is 0 Å². The lowest BCUT2D eigenvalue weighted by molar-refractivity contribution is 0.0516. The van der Waals surface area contributed by atoms with Crippen LogP contribution in [0, 0.1) is 0 Å². The highest BCUT2D eigenvalue weighted by Crippen LogP contribution is 2.17. The van der Waals surface area contributed by atoms with Crippen molar-refractivity contribution >= 4 is 23.8 Å². The van der Waals surface area contributed by atoms with E-state index >= 15 is 0 Å². The summed E-state index contributed by atoms with van der Waals surface area (Å²) in [4.78, 5) is 25.2. The van der Waals surface area contributed by atoms with Crippen LogP contribution in [0.2, 0.25) is 5.02 Å². The highest BCUT2D eigenvalue weighted by atomic mass is 35.5. The number of hydrogen-bond acceptors (Lipinski definition) is 4. The van der Waals surface area contributed by atoms with Crippen LogP contribution in [0.5, 0.6) is 0 Å². The number of nitrogens with one attached hydrogen (secondary N) is 1. The summed E-state index contributed by atoms with van der Waals surface area (Å²) < 4.78 is 10.2. The van der Waals surface area contributed by atoms with Gasteiger partial charge in [0.05, 0.1) is 13.2 Å². The Morgan fingerprint density at radius 1 is 1.25 bits per heavy atom. The molecular weight excluding hydrogens is 332 g/mol. The first-order valence-electron chi connectivity index (χ1n) is 7.85. The zero-order valence-electron chi connectivity index (χ0n) is 14.6. The Balaban J connectivity index is 2.62. The molecule has 24 heavy (non-hydrogen) atoms. The van der Waals surface area contributed by atoms with Crippen molar-refractivity contribution in [3.63, 3.8) is 0 Å². The molecule has 7 heteroatoms. The van der Waals surface area contributed by atoms with Crippen molar-refractivity contribution in [2.75, 3.05) is 19.7 Å². The molecule has 0 bridgehead atoms. The van der Waals surface area contributed by atoms with Gasteiger partial charge in [0.25, 0.3) is 0 Å². The molecule has 0 atom stereocenters. The largest absolute Gasteiger partial charge is 0.450 e. The van der Waals surface area contributed by atoms with E-state index in [1.165, 1.54) is 4.90 Å². The van der Waals surface area contributed by atoms with E-state index in [9.17, 15) is 9.59 Å². The Morgan fingerprint density at radius 3 is 2.50 bits per heavy atom. The van der Waals surface area contributed by atoms with Crippen LogP contribution >= 0.6 is 11.6 Å². The molecule has 0 saturated heterocycles. The monoisotopic (exact) mass is 356 g/mol. The molecule has 0 radical (unpaired) electrons. The van der Waals surface area contributed by atoms with Crippen molar-refractivity contribution in [3.8, 4) is 0 Å². The van der Waals surface area contributed by atoms with Crippen molar-refractivity contribution < 1.29 is 19.1 Å². The second-order valence-electron chi connectivity index (χ2n) is 6.14. The molecule has 134 valence electrons. The SMILES string of the molecule is CCOC(=O)N(CCNC(=O)OC(C)(C)C)Cc1ccccc1Cl. The van der Waals surface area contributed by atoms with Gasteiger partial charge in [0.15, 0.2) is 0 Å². The van der Waals surface area contributed by atoms with Crippen LogP contribution in [0.3, 0.4) is 0 Å². The maximum absolute atomic E-state index is 12.1. The molecule has 0 saturated carbocycles. The van der Waals surface area contributed by atoms with Gasteiger partial charge in [0, 0.05) is 18.1 Å². The molecule has 0 unspecified atom stereocenters. The Hall–Kier alpha value is -1.95. The Bertz CT molecular complexity index is 558. The summed E-state index contributed by atoms with van der Waals surface area (Å²) in [6, 6.07) is 7.28. The van der Waals surface area contributed by atoms with Crippen molar-refractivity contribution in [1.29, 1.82) is 0 Å². The average molecular weight is 357 g/mol. The minimum Gasteiger partial charge on any atom is -0.450 e. The molecule has 0 fully saturated rings. The predicted octanol–water partition coefficient (Wildman–Crippen LogP) is 3.82.